The standard InChI is InChI=1S/C12H21NO4/c1-3-17-9-12(6-7-12)11(16)13(2)8-4-5-10(14)15/h3-9H2,1-2H3,(H,14,15). The van der Waals surface area contributed by atoms with Crippen molar-refractivity contribution in [2.24, 2.45) is 5.41 Å². The number of carbonyl (C=O) groups excluding carboxylic acids is 1. The van der Waals surface area contributed by atoms with Gasteiger partial charge in [0.15, 0.2) is 0 Å². The van der Waals surface area contributed by atoms with Crippen molar-refractivity contribution in [3.63, 3.8) is 0 Å². The summed E-state index contributed by atoms with van der Waals surface area (Å²) in [4.78, 5) is 24.1. The van der Waals surface area contributed by atoms with Gasteiger partial charge in [-0.1, -0.05) is 0 Å². The Bertz CT molecular complexity index is 286. The van der Waals surface area contributed by atoms with Gasteiger partial charge in [-0.3, -0.25) is 9.59 Å². The summed E-state index contributed by atoms with van der Waals surface area (Å²) in [6.45, 7) is 3.53. The fourth-order valence-electron chi connectivity index (χ4n) is 1.84. The van der Waals surface area contributed by atoms with Crippen LogP contribution >= 0.6 is 0 Å². The highest BCUT2D eigenvalue weighted by Gasteiger charge is 2.51. The Balaban J connectivity index is 2.33. The van der Waals surface area contributed by atoms with Crippen LogP contribution < -0.4 is 0 Å². The number of aliphatic carboxylic acids is 1. The molecule has 5 nitrogen and oxygen atoms in total. The third-order valence-electron chi connectivity index (χ3n) is 3.12. The highest BCUT2D eigenvalue weighted by molar-refractivity contribution is 5.85. The summed E-state index contributed by atoms with van der Waals surface area (Å²) in [7, 11) is 1.73. The summed E-state index contributed by atoms with van der Waals surface area (Å²) in [5, 5.41) is 8.53. The lowest BCUT2D eigenvalue weighted by atomic mass is 10.1. The minimum atomic E-state index is -0.818. The average molecular weight is 243 g/mol. The van der Waals surface area contributed by atoms with Gasteiger partial charge in [0.05, 0.1) is 12.0 Å². The zero-order valence-electron chi connectivity index (χ0n) is 10.6. The van der Waals surface area contributed by atoms with Crippen LogP contribution in [0.3, 0.4) is 0 Å². The number of carboxylic acids is 1. The molecule has 0 radical (unpaired) electrons. The van der Waals surface area contributed by atoms with E-state index in [-0.39, 0.29) is 17.7 Å². The van der Waals surface area contributed by atoms with E-state index in [0.29, 0.717) is 26.2 Å². The SMILES string of the molecule is CCOCC1(C(=O)N(C)CCCC(=O)O)CC1. The van der Waals surface area contributed by atoms with Gasteiger partial charge in [0.1, 0.15) is 0 Å². The fourth-order valence-corrected chi connectivity index (χ4v) is 1.84. The number of ether oxygens (including phenoxy) is 1. The molecule has 1 amide bonds. The molecule has 1 fully saturated rings. The van der Waals surface area contributed by atoms with Gasteiger partial charge < -0.3 is 14.7 Å². The number of carboxylic acid groups (broad SMARTS) is 1. The number of carbonyl (C=O) groups is 2. The lowest BCUT2D eigenvalue weighted by Crippen LogP contribution is -2.37. The number of hydrogen-bond donors (Lipinski definition) is 1. The van der Waals surface area contributed by atoms with Gasteiger partial charge in [-0.05, 0) is 26.2 Å². The summed E-state index contributed by atoms with van der Waals surface area (Å²) in [6, 6.07) is 0. The second kappa shape index (κ2) is 6.00. The molecule has 0 atom stereocenters. The Morgan fingerprint density at radius 1 is 1.41 bits per heavy atom. The van der Waals surface area contributed by atoms with Crippen LogP contribution in [-0.4, -0.2) is 48.7 Å². The number of rotatable bonds is 8. The van der Waals surface area contributed by atoms with E-state index in [9.17, 15) is 9.59 Å². The second-order valence-electron chi connectivity index (χ2n) is 4.64. The minimum Gasteiger partial charge on any atom is -0.481 e. The molecule has 0 spiro atoms. The van der Waals surface area contributed by atoms with E-state index in [4.69, 9.17) is 9.84 Å². The summed E-state index contributed by atoms with van der Waals surface area (Å²) in [6.07, 6.45) is 2.38. The highest BCUT2D eigenvalue weighted by atomic mass is 16.5. The van der Waals surface area contributed by atoms with Gasteiger partial charge in [-0.25, -0.2) is 0 Å². The predicted octanol–water partition coefficient (Wildman–Crippen LogP) is 1.13. The van der Waals surface area contributed by atoms with Crippen LogP contribution in [0.1, 0.15) is 32.6 Å². The number of nitrogens with zero attached hydrogens (tertiary/aromatic N) is 1. The monoisotopic (exact) mass is 243 g/mol. The minimum absolute atomic E-state index is 0.0938. The quantitative estimate of drug-likeness (QED) is 0.694. The van der Waals surface area contributed by atoms with Crippen LogP contribution in [-0.2, 0) is 14.3 Å². The van der Waals surface area contributed by atoms with Crippen molar-refractivity contribution in [3.05, 3.63) is 0 Å². The molecule has 0 aromatic carbocycles. The number of hydrogen-bond acceptors (Lipinski definition) is 3. The number of amides is 1. The van der Waals surface area contributed by atoms with Gasteiger partial charge in [-0.15, -0.1) is 0 Å². The fraction of sp³-hybridized carbons (Fsp3) is 0.833. The molecule has 1 aliphatic rings. The van der Waals surface area contributed by atoms with E-state index >= 15 is 0 Å². The van der Waals surface area contributed by atoms with Crippen LogP contribution in [0.2, 0.25) is 0 Å². The van der Waals surface area contributed by atoms with Crippen LogP contribution in [0, 0.1) is 5.41 Å². The zero-order valence-corrected chi connectivity index (χ0v) is 10.6. The Kier molecular flexibility index (Phi) is 4.93. The van der Waals surface area contributed by atoms with E-state index in [1.807, 2.05) is 6.92 Å². The van der Waals surface area contributed by atoms with Crippen molar-refractivity contribution in [2.45, 2.75) is 32.6 Å². The summed E-state index contributed by atoms with van der Waals surface area (Å²) < 4.78 is 5.33. The summed E-state index contributed by atoms with van der Waals surface area (Å²) in [5.41, 5.74) is -0.312. The van der Waals surface area contributed by atoms with Gasteiger partial charge in [0.2, 0.25) is 5.91 Å². The predicted molar refractivity (Wildman–Crippen MR) is 62.7 cm³/mol. The van der Waals surface area contributed by atoms with Gasteiger partial charge in [0.25, 0.3) is 0 Å². The van der Waals surface area contributed by atoms with Crippen molar-refractivity contribution in [1.82, 2.24) is 4.90 Å². The molecule has 1 rings (SSSR count). The van der Waals surface area contributed by atoms with E-state index in [1.165, 1.54) is 0 Å². The van der Waals surface area contributed by atoms with Crippen LogP contribution in [0.25, 0.3) is 0 Å². The lowest BCUT2D eigenvalue weighted by molar-refractivity contribution is -0.140. The molecule has 1 N–H and O–H groups in total. The first-order chi connectivity index (χ1) is 8.02. The maximum atomic E-state index is 12.1. The molecule has 0 aliphatic heterocycles. The van der Waals surface area contributed by atoms with E-state index in [0.717, 1.165) is 12.8 Å². The average Bonchev–Trinajstić information content (AvgIpc) is 3.05. The molecule has 98 valence electrons. The third-order valence-corrected chi connectivity index (χ3v) is 3.12. The van der Waals surface area contributed by atoms with Crippen LogP contribution in [0.4, 0.5) is 0 Å². The molecule has 0 aromatic rings. The molecule has 0 bridgehead atoms. The van der Waals surface area contributed by atoms with Gasteiger partial charge in [0, 0.05) is 26.6 Å². The first-order valence-corrected chi connectivity index (χ1v) is 6.07. The maximum absolute atomic E-state index is 12.1. The van der Waals surface area contributed by atoms with Crippen LogP contribution in [0.15, 0.2) is 0 Å². The topological polar surface area (TPSA) is 66.8 Å². The van der Waals surface area contributed by atoms with E-state index in [1.54, 1.807) is 11.9 Å². The van der Waals surface area contributed by atoms with Crippen molar-refractivity contribution in [2.75, 3.05) is 26.8 Å². The molecule has 1 aliphatic carbocycles. The molecule has 0 unspecified atom stereocenters. The van der Waals surface area contributed by atoms with E-state index < -0.39 is 5.97 Å². The van der Waals surface area contributed by atoms with Crippen molar-refractivity contribution < 1.29 is 19.4 Å². The largest absolute Gasteiger partial charge is 0.481 e. The van der Waals surface area contributed by atoms with Crippen molar-refractivity contribution in [1.29, 1.82) is 0 Å². The molecule has 5 heteroatoms. The summed E-state index contributed by atoms with van der Waals surface area (Å²) >= 11 is 0. The smallest absolute Gasteiger partial charge is 0.303 e. The second-order valence-corrected chi connectivity index (χ2v) is 4.64. The maximum Gasteiger partial charge on any atom is 0.303 e. The van der Waals surface area contributed by atoms with Gasteiger partial charge in [-0.2, -0.15) is 0 Å². The normalized spacial score (nSPS) is 16.6. The zero-order chi connectivity index (χ0) is 12.9. The lowest BCUT2D eigenvalue weighted by Gasteiger charge is -2.23. The molecular weight excluding hydrogens is 222 g/mol. The molecule has 0 saturated heterocycles. The Morgan fingerprint density at radius 3 is 2.53 bits per heavy atom. The highest BCUT2D eigenvalue weighted by Crippen LogP contribution is 2.47. The van der Waals surface area contributed by atoms with Crippen molar-refractivity contribution >= 4 is 11.9 Å². The molecule has 1 saturated carbocycles. The van der Waals surface area contributed by atoms with E-state index in [2.05, 4.69) is 0 Å². The van der Waals surface area contributed by atoms with Gasteiger partial charge >= 0.3 is 5.97 Å². The molecular formula is C12H21NO4. The third kappa shape index (κ3) is 4.00. The Hall–Kier alpha value is -1.10. The molecule has 17 heavy (non-hydrogen) atoms. The molecule has 0 aromatic heterocycles. The Labute approximate surface area is 102 Å². The summed E-state index contributed by atoms with van der Waals surface area (Å²) in [5.74, 6) is -0.724. The first-order valence-electron chi connectivity index (χ1n) is 6.07. The van der Waals surface area contributed by atoms with Crippen LogP contribution in [0.5, 0.6) is 0 Å². The van der Waals surface area contributed by atoms with Crippen molar-refractivity contribution in [3.8, 4) is 0 Å². The Morgan fingerprint density at radius 2 is 2.06 bits per heavy atom. The molecule has 0 heterocycles. The first kappa shape index (κ1) is 14.0.